The molecule has 0 heterocycles. The van der Waals surface area contributed by atoms with Gasteiger partial charge >= 0.3 is 0 Å². The third-order valence-corrected chi connectivity index (χ3v) is 3.22. The standard InChI is InChI=1S/C13H21NO3S/c1-10(2)4-9-13(15)11-5-7-12(8-6-11)14-18(3,16)17/h5-8,10,13-15H,4,9H2,1-3H3. The van der Waals surface area contributed by atoms with Crippen molar-refractivity contribution < 1.29 is 13.5 Å². The van der Waals surface area contributed by atoms with Crippen LogP contribution in [0.3, 0.4) is 0 Å². The van der Waals surface area contributed by atoms with Crippen molar-refractivity contribution >= 4 is 15.7 Å². The van der Waals surface area contributed by atoms with Crippen LogP contribution >= 0.6 is 0 Å². The highest BCUT2D eigenvalue weighted by molar-refractivity contribution is 7.92. The van der Waals surface area contributed by atoms with E-state index in [1.54, 1.807) is 24.3 Å². The Hall–Kier alpha value is -1.07. The third-order valence-electron chi connectivity index (χ3n) is 2.62. The first-order chi connectivity index (χ1) is 8.28. The minimum absolute atomic E-state index is 0.486. The minimum atomic E-state index is -3.24. The quantitative estimate of drug-likeness (QED) is 0.835. The molecule has 4 nitrogen and oxygen atoms in total. The molecule has 0 saturated carbocycles. The zero-order valence-corrected chi connectivity index (χ0v) is 11.9. The van der Waals surface area contributed by atoms with Gasteiger partial charge in [-0.05, 0) is 36.5 Å². The van der Waals surface area contributed by atoms with Gasteiger partial charge in [0.05, 0.1) is 12.4 Å². The molecule has 1 aromatic carbocycles. The molecule has 1 rings (SSSR count). The van der Waals surface area contributed by atoms with Gasteiger partial charge in [0.15, 0.2) is 0 Å². The van der Waals surface area contributed by atoms with Crippen molar-refractivity contribution in [2.75, 3.05) is 11.0 Å². The van der Waals surface area contributed by atoms with Crippen molar-refractivity contribution in [2.24, 2.45) is 5.92 Å². The summed E-state index contributed by atoms with van der Waals surface area (Å²) in [5, 5.41) is 9.95. The molecule has 102 valence electrons. The highest BCUT2D eigenvalue weighted by Crippen LogP contribution is 2.22. The topological polar surface area (TPSA) is 66.4 Å². The van der Waals surface area contributed by atoms with Gasteiger partial charge in [-0.25, -0.2) is 8.42 Å². The predicted octanol–water partition coefficient (Wildman–Crippen LogP) is 2.53. The molecule has 1 unspecified atom stereocenters. The summed E-state index contributed by atoms with van der Waals surface area (Å²) in [5.74, 6) is 0.561. The molecule has 0 radical (unpaired) electrons. The molecular formula is C13H21NO3S. The fraction of sp³-hybridized carbons (Fsp3) is 0.538. The third kappa shape index (κ3) is 5.51. The highest BCUT2D eigenvalue weighted by atomic mass is 32.2. The average molecular weight is 271 g/mol. The van der Waals surface area contributed by atoms with Gasteiger partial charge in [-0.1, -0.05) is 26.0 Å². The summed E-state index contributed by atoms with van der Waals surface area (Å²) in [5.41, 5.74) is 1.33. The number of benzene rings is 1. The predicted molar refractivity (Wildman–Crippen MR) is 73.9 cm³/mol. The number of aliphatic hydroxyl groups excluding tert-OH is 1. The van der Waals surface area contributed by atoms with Gasteiger partial charge in [0.25, 0.3) is 0 Å². The van der Waals surface area contributed by atoms with Crippen molar-refractivity contribution in [3.8, 4) is 0 Å². The molecule has 0 saturated heterocycles. The summed E-state index contributed by atoms with van der Waals surface area (Å²) in [6, 6.07) is 6.82. The number of nitrogens with one attached hydrogen (secondary N) is 1. The monoisotopic (exact) mass is 271 g/mol. The van der Waals surface area contributed by atoms with Crippen molar-refractivity contribution in [3.05, 3.63) is 29.8 Å². The van der Waals surface area contributed by atoms with E-state index < -0.39 is 16.1 Å². The van der Waals surface area contributed by atoms with E-state index in [9.17, 15) is 13.5 Å². The Labute approximate surface area is 109 Å². The van der Waals surface area contributed by atoms with E-state index in [2.05, 4.69) is 18.6 Å². The van der Waals surface area contributed by atoms with Gasteiger partial charge in [-0.2, -0.15) is 0 Å². The van der Waals surface area contributed by atoms with Crippen LogP contribution in [0.2, 0.25) is 0 Å². The van der Waals surface area contributed by atoms with Crippen LogP contribution in [0, 0.1) is 5.92 Å². The Morgan fingerprint density at radius 1 is 1.17 bits per heavy atom. The number of anilines is 1. The molecule has 0 aromatic heterocycles. The van der Waals surface area contributed by atoms with E-state index in [1.807, 2.05) is 0 Å². The van der Waals surface area contributed by atoms with Crippen LogP contribution in [0.25, 0.3) is 0 Å². The lowest BCUT2D eigenvalue weighted by Gasteiger charge is -2.13. The van der Waals surface area contributed by atoms with Crippen LogP contribution in [0.1, 0.15) is 38.4 Å². The van der Waals surface area contributed by atoms with E-state index in [1.165, 1.54) is 0 Å². The molecule has 0 bridgehead atoms. The lowest BCUT2D eigenvalue weighted by Crippen LogP contribution is -2.09. The Kier molecular flexibility index (Phi) is 5.16. The summed E-state index contributed by atoms with van der Waals surface area (Å²) >= 11 is 0. The molecule has 0 fully saturated rings. The molecule has 0 spiro atoms. The van der Waals surface area contributed by atoms with Gasteiger partial charge < -0.3 is 5.11 Å². The highest BCUT2D eigenvalue weighted by Gasteiger charge is 2.09. The summed E-state index contributed by atoms with van der Waals surface area (Å²) in [7, 11) is -3.24. The molecule has 2 N–H and O–H groups in total. The van der Waals surface area contributed by atoms with E-state index in [0.29, 0.717) is 11.6 Å². The molecule has 1 aromatic rings. The molecular weight excluding hydrogens is 250 g/mol. The summed E-state index contributed by atoms with van der Waals surface area (Å²) < 4.78 is 24.5. The first-order valence-corrected chi connectivity index (χ1v) is 7.93. The number of hydrogen-bond acceptors (Lipinski definition) is 3. The maximum absolute atomic E-state index is 11.0. The molecule has 5 heteroatoms. The average Bonchev–Trinajstić information content (AvgIpc) is 2.24. The zero-order chi connectivity index (χ0) is 13.8. The maximum Gasteiger partial charge on any atom is 0.229 e. The number of aliphatic hydroxyl groups is 1. The first kappa shape index (κ1) is 15.0. The second-order valence-electron chi connectivity index (χ2n) is 4.98. The number of hydrogen-bond donors (Lipinski definition) is 2. The first-order valence-electron chi connectivity index (χ1n) is 6.04. The van der Waals surface area contributed by atoms with Gasteiger partial charge in [0.2, 0.25) is 10.0 Å². The second kappa shape index (κ2) is 6.20. The molecule has 0 amide bonds. The van der Waals surface area contributed by atoms with E-state index in [0.717, 1.165) is 24.7 Å². The minimum Gasteiger partial charge on any atom is -0.388 e. The lowest BCUT2D eigenvalue weighted by atomic mass is 10.00. The molecule has 1 atom stereocenters. The van der Waals surface area contributed by atoms with E-state index >= 15 is 0 Å². The van der Waals surface area contributed by atoms with Gasteiger partial charge in [0.1, 0.15) is 0 Å². The Morgan fingerprint density at radius 2 is 1.72 bits per heavy atom. The Morgan fingerprint density at radius 3 is 2.17 bits per heavy atom. The van der Waals surface area contributed by atoms with Crippen molar-refractivity contribution in [1.82, 2.24) is 0 Å². The number of rotatable bonds is 6. The van der Waals surface area contributed by atoms with E-state index in [4.69, 9.17) is 0 Å². The smallest absolute Gasteiger partial charge is 0.229 e. The summed E-state index contributed by atoms with van der Waals surface area (Å²) in [6.45, 7) is 4.23. The fourth-order valence-electron chi connectivity index (χ4n) is 1.65. The Bertz CT molecular complexity index is 466. The molecule has 0 aliphatic rings. The van der Waals surface area contributed by atoms with Crippen molar-refractivity contribution in [3.63, 3.8) is 0 Å². The van der Waals surface area contributed by atoms with Crippen LogP contribution in [0.15, 0.2) is 24.3 Å². The summed E-state index contributed by atoms with van der Waals surface area (Å²) in [4.78, 5) is 0. The zero-order valence-electron chi connectivity index (χ0n) is 11.1. The van der Waals surface area contributed by atoms with Crippen molar-refractivity contribution in [1.29, 1.82) is 0 Å². The molecule has 0 aliphatic carbocycles. The van der Waals surface area contributed by atoms with Crippen molar-refractivity contribution in [2.45, 2.75) is 32.8 Å². The van der Waals surface area contributed by atoms with Crippen LogP contribution in [-0.2, 0) is 10.0 Å². The largest absolute Gasteiger partial charge is 0.388 e. The van der Waals surface area contributed by atoms with Gasteiger partial charge in [-0.15, -0.1) is 0 Å². The van der Waals surface area contributed by atoms with Crippen LogP contribution in [0.4, 0.5) is 5.69 Å². The molecule has 18 heavy (non-hydrogen) atoms. The normalized spacial score (nSPS) is 13.6. The molecule has 0 aliphatic heterocycles. The van der Waals surface area contributed by atoms with Crippen LogP contribution in [0.5, 0.6) is 0 Å². The lowest BCUT2D eigenvalue weighted by molar-refractivity contribution is 0.159. The summed E-state index contributed by atoms with van der Waals surface area (Å²) in [6.07, 6.45) is 2.30. The number of sulfonamides is 1. The van der Waals surface area contributed by atoms with E-state index in [-0.39, 0.29) is 0 Å². The SMILES string of the molecule is CC(C)CCC(O)c1ccc(NS(C)(=O)=O)cc1. The van der Waals surface area contributed by atoms with Crippen LogP contribution in [-0.4, -0.2) is 19.8 Å². The van der Waals surface area contributed by atoms with Crippen LogP contribution < -0.4 is 4.72 Å². The Balaban J connectivity index is 2.65. The maximum atomic E-state index is 11.0. The second-order valence-corrected chi connectivity index (χ2v) is 6.73. The van der Waals surface area contributed by atoms with Gasteiger partial charge in [-0.3, -0.25) is 4.72 Å². The fourth-order valence-corrected chi connectivity index (χ4v) is 2.21. The van der Waals surface area contributed by atoms with Gasteiger partial charge in [0, 0.05) is 5.69 Å².